The maximum atomic E-state index is 13.6. The van der Waals surface area contributed by atoms with E-state index in [0.717, 1.165) is 23.1 Å². The molecule has 0 atom stereocenters. The summed E-state index contributed by atoms with van der Waals surface area (Å²) in [6, 6.07) is 4.94. The number of nitrogens with zero attached hydrogens (tertiary/aromatic N) is 1. The summed E-state index contributed by atoms with van der Waals surface area (Å²) in [5, 5.41) is 0.622. The lowest BCUT2D eigenvalue weighted by Gasteiger charge is -2.02. The summed E-state index contributed by atoms with van der Waals surface area (Å²) in [5.41, 5.74) is 2.64. The van der Waals surface area contributed by atoms with Crippen LogP contribution in [0, 0.1) is 19.7 Å². The van der Waals surface area contributed by atoms with Crippen LogP contribution in [0.5, 0.6) is 0 Å². The van der Waals surface area contributed by atoms with Crippen LogP contribution in [0.2, 0.25) is 0 Å². The number of aryl methyl sites for hydroxylation is 1. The van der Waals surface area contributed by atoms with Gasteiger partial charge < -0.3 is 9.36 Å². The third-order valence-electron chi connectivity index (χ3n) is 2.86. The van der Waals surface area contributed by atoms with E-state index in [2.05, 4.69) is 0 Å². The van der Waals surface area contributed by atoms with Gasteiger partial charge in [0, 0.05) is 11.1 Å². The zero-order valence-corrected chi connectivity index (χ0v) is 8.75. The van der Waals surface area contributed by atoms with Crippen molar-refractivity contribution in [3.05, 3.63) is 35.3 Å². The maximum Gasteiger partial charge on any atom is 0.139 e. The third kappa shape index (κ3) is 1.35. The Balaban J connectivity index is 2.86. The van der Waals surface area contributed by atoms with Gasteiger partial charge in [-0.1, -0.05) is 6.07 Å². The van der Waals surface area contributed by atoms with Crippen molar-refractivity contribution >= 4 is 17.2 Å². The minimum atomic E-state index is -0.224. The van der Waals surface area contributed by atoms with E-state index in [-0.39, 0.29) is 12.4 Å². The van der Waals surface area contributed by atoms with Crippen LogP contribution in [-0.4, -0.2) is 10.9 Å². The van der Waals surface area contributed by atoms with Crippen LogP contribution < -0.4 is 0 Å². The van der Waals surface area contributed by atoms with Crippen LogP contribution in [-0.2, 0) is 11.3 Å². The lowest BCUT2D eigenvalue weighted by atomic mass is 10.1. The summed E-state index contributed by atoms with van der Waals surface area (Å²) in [6.45, 7) is 4.06. The Bertz CT molecular complexity index is 528. The molecule has 0 N–H and O–H groups in total. The molecule has 0 radical (unpaired) electrons. The smallest absolute Gasteiger partial charge is 0.139 e. The number of aromatic nitrogens is 1. The number of carbonyl (C=O) groups excluding carboxylic acids is 1. The molecule has 78 valence electrons. The van der Waals surface area contributed by atoms with E-state index in [1.807, 2.05) is 24.5 Å². The normalized spacial score (nSPS) is 10.9. The van der Waals surface area contributed by atoms with Gasteiger partial charge >= 0.3 is 0 Å². The van der Waals surface area contributed by atoms with Crippen LogP contribution in [0.15, 0.2) is 18.2 Å². The van der Waals surface area contributed by atoms with E-state index in [0.29, 0.717) is 5.39 Å². The fourth-order valence-corrected chi connectivity index (χ4v) is 1.98. The summed E-state index contributed by atoms with van der Waals surface area (Å²) >= 11 is 0. The molecule has 2 rings (SSSR count). The maximum absolute atomic E-state index is 13.6. The van der Waals surface area contributed by atoms with Crippen molar-refractivity contribution < 1.29 is 9.18 Å². The molecule has 2 nitrogen and oxygen atoms in total. The number of rotatable bonds is 2. The summed E-state index contributed by atoms with van der Waals surface area (Å²) in [6.07, 6.45) is 0.830. The van der Waals surface area contributed by atoms with Crippen LogP contribution in [0.25, 0.3) is 10.9 Å². The molecule has 0 fully saturated rings. The highest BCUT2D eigenvalue weighted by Crippen LogP contribution is 2.26. The van der Waals surface area contributed by atoms with Gasteiger partial charge in [-0.3, -0.25) is 0 Å². The van der Waals surface area contributed by atoms with Gasteiger partial charge in [0.1, 0.15) is 12.1 Å². The predicted molar refractivity (Wildman–Crippen MR) is 57.4 cm³/mol. The average Bonchev–Trinajstić information content (AvgIpc) is 2.45. The average molecular weight is 205 g/mol. The highest BCUT2D eigenvalue weighted by Gasteiger charge is 2.13. The minimum absolute atomic E-state index is 0.224. The van der Waals surface area contributed by atoms with Gasteiger partial charge in [0.05, 0.1) is 12.1 Å². The SMILES string of the molecule is Cc1c(C)n(CC=O)c2cccc(F)c12. The van der Waals surface area contributed by atoms with E-state index < -0.39 is 0 Å². The third-order valence-corrected chi connectivity index (χ3v) is 2.86. The number of hydrogen-bond donors (Lipinski definition) is 0. The van der Waals surface area contributed by atoms with E-state index in [4.69, 9.17) is 0 Å². The Morgan fingerprint density at radius 1 is 1.40 bits per heavy atom. The first-order valence-electron chi connectivity index (χ1n) is 4.84. The Kier molecular flexibility index (Phi) is 2.31. The van der Waals surface area contributed by atoms with Crippen molar-refractivity contribution in [3.8, 4) is 0 Å². The lowest BCUT2D eigenvalue weighted by molar-refractivity contribution is -0.108. The highest BCUT2D eigenvalue weighted by molar-refractivity contribution is 5.86. The van der Waals surface area contributed by atoms with Crippen LogP contribution in [0.1, 0.15) is 11.3 Å². The molecule has 0 spiro atoms. The standard InChI is InChI=1S/C12H12FNO/c1-8-9(2)14(6-7-15)11-5-3-4-10(13)12(8)11/h3-5,7H,6H2,1-2H3. The molecule has 1 heterocycles. The Morgan fingerprint density at radius 3 is 2.80 bits per heavy atom. The molecule has 0 aliphatic heterocycles. The lowest BCUT2D eigenvalue weighted by Crippen LogP contribution is -2.00. The van der Waals surface area contributed by atoms with Gasteiger partial charge in [-0.05, 0) is 31.5 Å². The number of carbonyl (C=O) groups is 1. The molecule has 0 saturated heterocycles. The van der Waals surface area contributed by atoms with Gasteiger partial charge in [0.15, 0.2) is 0 Å². The van der Waals surface area contributed by atoms with Gasteiger partial charge in [-0.2, -0.15) is 0 Å². The minimum Gasteiger partial charge on any atom is -0.337 e. The Morgan fingerprint density at radius 2 is 2.13 bits per heavy atom. The molecular weight excluding hydrogens is 193 g/mol. The zero-order chi connectivity index (χ0) is 11.0. The molecule has 0 amide bonds. The van der Waals surface area contributed by atoms with Gasteiger partial charge in [-0.15, -0.1) is 0 Å². The molecule has 0 saturated carbocycles. The second-order valence-electron chi connectivity index (χ2n) is 3.62. The number of aldehydes is 1. The van der Waals surface area contributed by atoms with Crippen molar-refractivity contribution in [1.82, 2.24) is 4.57 Å². The fraction of sp³-hybridized carbons (Fsp3) is 0.250. The van der Waals surface area contributed by atoms with Crippen LogP contribution >= 0.6 is 0 Å². The fourth-order valence-electron chi connectivity index (χ4n) is 1.98. The second-order valence-corrected chi connectivity index (χ2v) is 3.62. The van der Waals surface area contributed by atoms with E-state index in [9.17, 15) is 9.18 Å². The van der Waals surface area contributed by atoms with E-state index >= 15 is 0 Å². The quantitative estimate of drug-likeness (QED) is 0.691. The first-order valence-corrected chi connectivity index (χ1v) is 4.84. The predicted octanol–water partition coefficient (Wildman–Crippen LogP) is 2.60. The second kappa shape index (κ2) is 3.50. The topological polar surface area (TPSA) is 22.0 Å². The van der Waals surface area contributed by atoms with Crippen molar-refractivity contribution in [1.29, 1.82) is 0 Å². The van der Waals surface area contributed by atoms with Crippen molar-refractivity contribution in [3.63, 3.8) is 0 Å². The van der Waals surface area contributed by atoms with Crippen molar-refractivity contribution in [2.75, 3.05) is 0 Å². The molecule has 0 bridgehead atoms. The Labute approximate surface area is 87.3 Å². The molecule has 15 heavy (non-hydrogen) atoms. The monoisotopic (exact) mass is 205 g/mol. The van der Waals surface area contributed by atoms with E-state index in [1.54, 1.807) is 6.07 Å². The number of hydrogen-bond acceptors (Lipinski definition) is 1. The molecule has 0 aliphatic carbocycles. The summed E-state index contributed by atoms with van der Waals surface area (Å²) in [7, 11) is 0. The van der Waals surface area contributed by atoms with Crippen molar-refractivity contribution in [2.24, 2.45) is 0 Å². The molecule has 0 unspecified atom stereocenters. The van der Waals surface area contributed by atoms with Gasteiger partial charge in [0.25, 0.3) is 0 Å². The summed E-state index contributed by atoms with van der Waals surface area (Å²) in [5.74, 6) is -0.224. The number of halogens is 1. The first-order chi connectivity index (χ1) is 7.16. The molecule has 1 aromatic carbocycles. The molecule has 2 aromatic rings. The Hall–Kier alpha value is -1.64. The highest BCUT2D eigenvalue weighted by atomic mass is 19.1. The van der Waals surface area contributed by atoms with Gasteiger partial charge in [-0.25, -0.2) is 4.39 Å². The number of fused-ring (bicyclic) bond motifs is 1. The van der Waals surface area contributed by atoms with Crippen LogP contribution in [0.4, 0.5) is 4.39 Å². The molecule has 0 aliphatic rings. The molecular formula is C12H12FNO. The summed E-state index contributed by atoms with van der Waals surface area (Å²) < 4.78 is 15.4. The van der Waals surface area contributed by atoms with Crippen molar-refractivity contribution in [2.45, 2.75) is 20.4 Å². The van der Waals surface area contributed by atoms with Crippen LogP contribution in [0.3, 0.4) is 0 Å². The van der Waals surface area contributed by atoms with Gasteiger partial charge in [0.2, 0.25) is 0 Å². The largest absolute Gasteiger partial charge is 0.337 e. The summed E-state index contributed by atoms with van der Waals surface area (Å²) in [4.78, 5) is 10.5. The molecule has 3 heteroatoms. The molecule has 1 aromatic heterocycles. The number of benzene rings is 1. The zero-order valence-electron chi connectivity index (χ0n) is 8.75. The first kappa shape index (κ1) is 9.90. The van der Waals surface area contributed by atoms with E-state index in [1.165, 1.54) is 6.07 Å².